The second-order valence-electron chi connectivity index (χ2n) is 6.77. The van der Waals surface area contributed by atoms with Crippen molar-refractivity contribution in [3.8, 4) is 11.4 Å². The molecule has 2 N–H and O–H groups in total. The molecule has 0 aliphatic carbocycles. The molecule has 0 atom stereocenters. The van der Waals surface area contributed by atoms with Gasteiger partial charge in [-0.25, -0.2) is 19.3 Å². The van der Waals surface area contributed by atoms with Crippen LogP contribution in [0.2, 0.25) is 5.02 Å². The van der Waals surface area contributed by atoms with Crippen LogP contribution < -0.4 is 5.32 Å². The zero-order chi connectivity index (χ0) is 18.1. The minimum absolute atomic E-state index is 0.235. The Labute approximate surface area is 155 Å². The average molecular weight is 375 g/mol. The van der Waals surface area contributed by atoms with Gasteiger partial charge in [-0.05, 0) is 45.0 Å². The van der Waals surface area contributed by atoms with E-state index in [1.54, 1.807) is 18.5 Å². The molecule has 26 heavy (non-hydrogen) atoms. The monoisotopic (exact) mass is 374 g/mol. The first-order valence-electron chi connectivity index (χ1n) is 8.68. The van der Waals surface area contributed by atoms with Gasteiger partial charge in [0.15, 0.2) is 17.5 Å². The van der Waals surface area contributed by atoms with Crippen molar-refractivity contribution in [3.05, 3.63) is 35.5 Å². The fourth-order valence-electron chi connectivity index (χ4n) is 3.29. The summed E-state index contributed by atoms with van der Waals surface area (Å²) in [6, 6.07) is 1.80. The number of rotatable bonds is 4. The van der Waals surface area contributed by atoms with Crippen LogP contribution in [0.4, 0.5) is 10.2 Å². The predicted molar refractivity (Wildman–Crippen MR) is 101 cm³/mol. The Balaban J connectivity index is 1.56. The van der Waals surface area contributed by atoms with Crippen LogP contribution in [-0.4, -0.2) is 51.5 Å². The van der Waals surface area contributed by atoms with E-state index in [2.05, 4.69) is 37.2 Å². The Morgan fingerprint density at radius 3 is 2.92 bits per heavy atom. The van der Waals surface area contributed by atoms with Gasteiger partial charge < -0.3 is 15.2 Å². The Kier molecular flexibility index (Phi) is 4.74. The molecule has 0 unspecified atom stereocenters. The van der Waals surface area contributed by atoms with E-state index in [1.165, 1.54) is 6.20 Å². The van der Waals surface area contributed by atoms with Gasteiger partial charge >= 0.3 is 0 Å². The number of hydrogen-bond acceptors (Lipinski definition) is 5. The minimum Gasteiger partial charge on any atom is -0.367 e. The molecule has 3 aromatic rings. The van der Waals surface area contributed by atoms with Crippen molar-refractivity contribution in [2.24, 2.45) is 5.92 Å². The number of aromatic nitrogens is 4. The first-order chi connectivity index (χ1) is 12.6. The van der Waals surface area contributed by atoms with Crippen molar-refractivity contribution in [1.82, 2.24) is 24.8 Å². The number of pyridine rings is 1. The lowest BCUT2D eigenvalue weighted by atomic mass is 9.97. The lowest BCUT2D eigenvalue weighted by Gasteiger charge is -2.29. The van der Waals surface area contributed by atoms with Crippen molar-refractivity contribution in [2.45, 2.75) is 12.8 Å². The number of fused-ring (bicyclic) bond motifs is 1. The molecule has 4 heterocycles. The molecular formula is C18H20ClFN6. The largest absolute Gasteiger partial charge is 0.367 e. The van der Waals surface area contributed by atoms with E-state index in [9.17, 15) is 4.39 Å². The molecule has 8 heteroatoms. The molecule has 0 amide bonds. The number of nitrogens with one attached hydrogen (secondary N) is 2. The van der Waals surface area contributed by atoms with Gasteiger partial charge in [0.25, 0.3) is 0 Å². The van der Waals surface area contributed by atoms with E-state index in [0.717, 1.165) is 36.9 Å². The molecule has 1 aliphatic rings. The summed E-state index contributed by atoms with van der Waals surface area (Å²) in [4.78, 5) is 18.2. The number of aromatic amines is 1. The molecule has 0 aromatic carbocycles. The summed E-state index contributed by atoms with van der Waals surface area (Å²) in [6.45, 7) is 2.86. The van der Waals surface area contributed by atoms with Gasteiger partial charge in [0.2, 0.25) is 0 Å². The standard InChI is InChI=1S/C18H20ClFN6/c1-26-4-2-11(3-5-26)7-21-18-15(20)10-24-17(25-18)14-9-23-16-13(14)6-12(19)8-22-16/h6,8-11H,2-5,7H2,1H3,(H,22,23)(H,21,24,25). The molecule has 0 saturated carbocycles. The van der Waals surface area contributed by atoms with Crippen LogP contribution in [0.15, 0.2) is 24.7 Å². The first-order valence-corrected chi connectivity index (χ1v) is 9.06. The number of halogens is 2. The molecular weight excluding hydrogens is 355 g/mol. The third-order valence-corrected chi connectivity index (χ3v) is 5.09. The molecule has 1 saturated heterocycles. The summed E-state index contributed by atoms with van der Waals surface area (Å²) in [6.07, 6.45) is 6.76. The lowest BCUT2D eigenvalue weighted by molar-refractivity contribution is 0.226. The van der Waals surface area contributed by atoms with Crippen LogP contribution in [-0.2, 0) is 0 Å². The van der Waals surface area contributed by atoms with Crippen molar-refractivity contribution in [1.29, 1.82) is 0 Å². The topological polar surface area (TPSA) is 69.7 Å². The average Bonchev–Trinajstić information content (AvgIpc) is 3.05. The molecule has 6 nitrogen and oxygen atoms in total. The third kappa shape index (κ3) is 3.50. The van der Waals surface area contributed by atoms with E-state index in [0.29, 0.717) is 29.0 Å². The summed E-state index contributed by atoms with van der Waals surface area (Å²) < 4.78 is 14.2. The Bertz CT molecular complexity index is 919. The highest BCUT2D eigenvalue weighted by Crippen LogP contribution is 2.28. The number of likely N-dealkylation sites (tertiary alicyclic amines) is 1. The summed E-state index contributed by atoms with van der Waals surface area (Å²) >= 11 is 6.04. The summed E-state index contributed by atoms with van der Waals surface area (Å²) in [5.74, 6) is 0.753. The van der Waals surface area contributed by atoms with Crippen molar-refractivity contribution in [3.63, 3.8) is 0 Å². The van der Waals surface area contributed by atoms with Crippen molar-refractivity contribution >= 4 is 28.5 Å². The van der Waals surface area contributed by atoms with E-state index in [-0.39, 0.29) is 5.82 Å². The molecule has 1 fully saturated rings. The smallest absolute Gasteiger partial charge is 0.183 e. The highest BCUT2D eigenvalue weighted by molar-refractivity contribution is 6.31. The molecule has 1 aliphatic heterocycles. The Morgan fingerprint density at radius 1 is 1.31 bits per heavy atom. The maximum atomic E-state index is 14.2. The third-order valence-electron chi connectivity index (χ3n) is 4.88. The molecule has 0 bridgehead atoms. The molecule has 136 valence electrons. The molecule has 3 aromatic heterocycles. The van der Waals surface area contributed by atoms with Gasteiger partial charge in [-0.15, -0.1) is 0 Å². The zero-order valence-corrected chi connectivity index (χ0v) is 15.2. The summed E-state index contributed by atoms with van der Waals surface area (Å²) in [5, 5.41) is 4.50. The fourth-order valence-corrected chi connectivity index (χ4v) is 3.45. The Morgan fingerprint density at radius 2 is 2.12 bits per heavy atom. The van der Waals surface area contributed by atoms with Gasteiger partial charge in [-0.3, -0.25) is 0 Å². The van der Waals surface area contributed by atoms with Crippen LogP contribution in [0.3, 0.4) is 0 Å². The SMILES string of the molecule is CN1CCC(CNc2nc(-c3c[nH]c4ncc(Cl)cc34)ncc2F)CC1. The highest BCUT2D eigenvalue weighted by Gasteiger charge is 2.18. The van der Waals surface area contributed by atoms with E-state index in [1.807, 2.05) is 0 Å². The number of nitrogens with zero attached hydrogens (tertiary/aromatic N) is 4. The minimum atomic E-state index is -0.447. The van der Waals surface area contributed by atoms with Crippen LogP contribution in [0.1, 0.15) is 12.8 Å². The second kappa shape index (κ2) is 7.17. The maximum Gasteiger partial charge on any atom is 0.183 e. The van der Waals surface area contributed by atoms with Crippen LogP contribution in [0.25, 0.3) is 22.4 Å². The second-order valence-corrected chi connectivity index (χ2v) is 7.21. The van der Waals surface area contributed by atoms with Crippen LogP contribution in [0, 0.1) is 11.7 Å². The quantitative estimate of drug-likeness (QED) is 0.730. The van der Waals surface area contributed by atoms with Crippen molar-refractivity contribution < 1.29 is 4.39 Å². The van der Waals surface area contributed by atoms with Gasteiger partial charge in [-0.1, -0.05) is 11.6 Å². The fraction of sp³-hybridized carbons (Fsp3) is 0.389. The highest BCUT2D eigenvalue weighted by atomic mass is 35.5. The normalized spacial score (nSPS) is 16.3. The van der Waals surface area contributed by atoms with Crippen molar-refractivity contribution in [2.75, 3.05) is 32.0 Å². The van der Waals surface area contributed by atoms with E-state index >= 15 is 0 Å². The molecule has 0 radical (unpaired) electrons. The predicted octanol–water partition coefficient (Wildman–Crippen LogP) is 3.57. The number of piperidine rings is 1. The Hall–Kier alpha value is -2.25. The van der Waals surface area contributed by atoms with E-state index in [4.69, 9.17) is 11.6 Å². The lowest BCUT2D eigenvalue weighted by Crippen LogP contribution is -2.33. The number of H-pyrrole nitrogens is 1. The first kappa shape index (κ1) is 17.2. The van der Waals surface area contributed by atoms with Crippen LogP contribution in [0.5, 0.6) is 0 Å². The van der Waals surface area contributed by atoms with E-state index < -0.39 is 5.82 Å². The van der Waals surface area contributed by atoms with Gasteiger partial charge in [0.05, 0.1) is 11.2 Å². The zero-order valence-electron chi connectivity index (χ0n) is 14.5. The summed E-state index contributed by atoms with van der Waals surface area (Å²) in [7, 11) is 2.13. The van der Waals surface area contributed by atoms with Gasteiger partial charge in [0, 0.05) is 29.9 Å². The summed E-state index contributed by atoms with van der Waals surface area (Å²) in [5.41, 5.74) is 1.44. The number of hydrogen-bond donors (Lipinski definition) is 2. The number of anilines is 1. The van der Waals surface area contributed by atoms with Crippen LogP contribution >= 0.6 is 11.6 Å². The van der Waals surface area contributed by atoms with Gasteiger partial charge in [-0.2, -0.15) is 0 Å². The molecule has 4 rings (SSSR count). The molecule has 0 spiro atoms. The van der Waals surface area contributed by atoms with Gasteiger partial charge in [0.1, 0.15) is 5.65 Å². The maximum absolute atomic E-state index is 14.2.